The molecule has 1 N–H and O–H groups in total. The summed E-state index contributed by atoms with van der Waals surface area (Å²) in [6, 6.07) is 21.2. The van der Waals surface area contributed by atoms with E-state index >= 15 is 0 Å². The van der Waals surface area contributed by atoms with Gasteiger partial charge in [-0.25, -0.2) is 0 Å². The van der Waals surface area contributed by atoms with Crippen LogP contribution in [0.4, 0.5) is 0 Å². The van der Waals surface area contributed by atoms with Gasteiger partial charge in [-0.05, 0) is 35.7 Å². The standard InChI is InChI=1S/C23H24N2O3S/c26-23(19-9-4-5-10-21(19)28-18-7-2-1-3-8-18)24-17-20(22-11-6-16-29-22)25-12-14-27-15-13-25/h1-11,16,20H,12-15,17H2,(H,24,26)/t20-/m0/s1. The van der Waals surface area contributed by atoms with Gasteiger partial charge in [0.25, 0.3) is 5.91 Å². The minimum Gasteiger partial charge on any atom is -0.457 e. The van der Waals surface area contributed by atoms with E-state index in [0.29, 0.717) is 23.6 Å². The molecule has 1 saturated heterocycles. The third-order valence-corrected chi connectivity index (χ3v) is 5.89. The summed E-state index contributed by atoms with van der Waals surface area (Å²) in [6.45, 7) is 3.73. The maximum Gasteiger partial charge on any atom is 0.255 e. The largest absolute Gasteiger partial charge is 0.457 e. The molecule has 0 bridgehead atoms. The topological polar surface area (TPSA) is 50.8 Å². The van der Waals surface area contributed by atoms with Crippen LogP contribution in [0.25, 0.3) is 0 Å². The number of thiophene rings is 1. The van der Waals surface area contributed by atoms with Crippen molar-refractivity contribution in [3.63, 3.8) is 0 Å². The van der Waals surface area contributed by atoms with Gasteiger partial charge >= 0.3 is 0 Å². The van der Waals surface area contributed by atoms with Gasteiger partial charge in [0.2, 0.25) is 0 Å². The van der Waals surface area contributed by atoms with Gasteiger partial charge in [0.1, 0.15) is 11.5 Å². The lowest BCUT2D eigenvalue weighted by Crippen LogP contribution is -2.43. The third kappa shape index (κ3) is 5.03. The SMILES string of the molecule is O=C(NC[C@@H](c1cccs1)N1CCOCC1)c1ccccc1Oc1ccccc1. The molecule has 1 aromatic heterocycles. The second-order valence-corrected chi connectivity index (χ2v) is 7.78. The lowest BCUT2D eigenvalue weighted by molar-refractivity contribution is 0.0169. The summed E-state index contributed by atoms with van der Waals surface area (Å²) in [5, 5.41) is 5.19. The summed E-state index contributed by atoms with van der Waals surface area (Å²) in [5.74, 6) is 1.12. The molecule has 2 heterocycles. The minimum absolute atomic E-state index is 0.133. The van der Waals surface area contributed by atoms with E-state index in [9.17, 15) is 4.79 Å². The zero-order valence-corrected chi connectivity index (χ0v) is 16.9. The van der Waals surface area contributed by atoms with Gasteiger partial charge in [0, 0.05) is 24.5 Å². The molecule has 1 amide bonds. The zero-order valence-electron chi connectivity index (χ0n) is 16.1. The fourth-order valence-corrected chi connectivity index (χ4v) is 4.28. The van der Waals surface area contributed by atoms with Gasteiger partial charge in [0.05, 0.1) is 24.8 Å². The number of rotatable bonds is 7. The molecule has 1 aliphatic rings. The predicted molar refractivity (Wildman–Crippen MR) is 115 cm³/mol. The van der Waals surface area contributed by atoms with Gasteiger partial charge in [-0.1, -0.05) is 36.4 Å². The number of para-hydroxylation sites is 2. The first kappa shape index (κ1) is 19.6. The summed E-state index contributed by atoms with van der Waals surface area (Å²) in [6.07, 6.45) is 0. The Morgan fingerprint density at radius 3 is 2.55 bits per heavy atom. The maximum atomic E-state index is 13.0. The normalized spacial score (nSPS) is 15.6. The number of nitrogens with one attached hydrogen (secondary N) is 1. The second-order valence-electron chi connectivity index (χ2n) is 6.80. The Morgan fingerprint density at radius 1 is 1.03 bits per heavy atom. The number of benzene rings is 2. The third-order valence-electron chi connectivity index (χ3n) is 4.92. The van der Waals surface area contributed by atoms with Gasteiger partial charge in [-0.3, -0.25) is 9.69 Å². The van der Waals surface area contributed by atoms with Crippen LogP contribution in [0.2, 0.25) is 0 Å². The fraction of sp³-hybridized carbons (Fsp3) is 0.261. The average molecular weight is 409 g/mol. The van der Waals surface area contributed by atoms with Crippen LogP contribution in [0.15, 0.2) is 72.1 Å². The molecule has 0 spiro atoms. The van der Waals surface area contributed by atoms with Crippen molar-refractivity contribution >= 4 is 17.2 Å². The zero-order chi connectivity index (χ0) is 19.9. The molecule has 29 heavy (non-hydrogen) atoms. The van der Waals surface area contributed by atoms with Crippen molar-refractivity contribution in [1.29, 1.82) is 0 Å². The van der Waals surface area contributed by atoms with Crippen molar-refractivity contribution in [1.82, 2.24) is 10.2 Å². The smallest absolute Gasteiger partial charge is 0.255 e. The molecule has 5 nitrogen and oxygen atoms in total. The highest BCUT2D eigenvalue weighted by Gasteiger charge is 2.24. The highest BCUT2D eigenvalue weighted by Crippen LogP contribution is 2.27. The number of hydrogen-bond donors (Lipinski definition) is 1. The molecule has 0 unspecified atom stereocenters. The first-order chi connectivity index (χ1) is 14.3. The van der Waals surface area contributed by atoms with Crippen molar-refractivity contribution in [2.75, 3.05) is 32.8 Å². The maximum absolute atomic E-state index is 13.0. The highest BCUT2D eigenvalue weighted by molar-refractivity contribution is 7.10. The van der Waals surface area contributed by atoms with E-state index in [0.717, 1.165) is 26.3 Å². The van der Waals surface area contributed by atoms with Crippen LogP contribution in [0.1, 0.15) is 21.3 Å². The molecule has 6 heteroatoms. The molecule has 1 aliphatic heterocycles. The van der Waals surface area contributed by atoms with Crippen LogP contribution in [-0.2, 0) is 4.74 Å². The number of ether oxygens (including phenoxy) is 2. The molecule has 150 valence electrons. The van der Waals surface area contributed by atoms with E-state index in [-0.39, 0.29) is 11.9 Å². The Morgan fingerprint density at radius 2 is 1.79 bits per heavy atom. The highest BCUT2D eigenvalue weighted by atomic mass is 32.1. The molecular weight excluding hydrogens is 384 g/mol. The van der Waals surface area contributed by atoms with E-state index < -0.39 is 0 Å². The summed E-state index contributed by atoms with van der Waals surface area (Å²) in [5.41, 5.74) is 0.531. The summed E-state index contributed by atoms with van der Waals surface area (Å²) in [4.78, 5) is 16.6. The first-order valence-electron chi connectivity index (χ1n) is 9.76. The van der Waals surface area contributed by atoms with Crippen molar-refractivity contribution in [3.8, 4) is 11.5 Å². The van der Waals surface area contributed by atoms with Crippen LogP contribution in [-0.4, -0.2) is 43.7 Å². The van der Waals surface area contributed by atoms with Gasteiger partial charge in [-0.15, -0.1) is 11.3 Å². The number of carbonyl (C=O) groups is 1. The van der Waals surface area contributed by atoms with Crippen molar-refractivity contribution in [2.24, 2.45) is 0 Å². The fourth-order valence-electron chi connectivity index (χ4n) is 3.42. The molecule has 1 atom stereocenters. The monoisotopic (exact) mass is 408 g/mol. The van der Waals surface area contributed by atoms with E-state index in [4.69, 9.17) is 9.47 Å². The molecule has 0 saturated carbocycles. The Hall–Kier alpha value is -2.67. The number of carbonyl (C=O) groups excluding carboxylic acids is 1. The van der Waals surface area contributed by atoms with Gasteiger partial charge < -0.3 is 14.8 Å². The van der Waals surface area contributed by atoms with Crippen LogP contribution in [0.5, 0.6) is 11.5 Å². The van der Waals surface area contributed by atoms with Crippen LogP contribution in [0, 0.1) is 0 Å². The summed E-state index contributed by atoms with van der Waals surface area (Å²) in [7, 11) is 0. The average Bonchev–Trinajstić information content (AvgIpc) is 3.30. The van der Waals surface area contributed by atoms with E-state index in [1.54, 1.807) is 17.4 Å². The predicted octanol–water partition coefficient (Wildman–Crippen LogP) is 4.34. The summed E-state index contributed by atoms with van der Waals surface area (Å²) < 4.78 is 11.4. The van der Waals surface area contributed by atoms with Gasteiger partial charge in [-0.2, -0.15) is 0 Å². The second kappa shape index (κ2) is 9.69. The number of hydrogen-bond acceptors (Lipinski definition) is 5. The number of nitrogens with zero attached hydrogens (tertiary/aromatic N) is 1. The number of amides is 1. The Labute approximate surface area is 174 Å². The molecule has 3 aromatic rings. The lowest BCUT2D eigenvalue weighted by Gasteiger charge is -2.34. The Bertz CT molecular complexity index is 909. The van der Waals surface area contributed by atoms with E-state index in [1.807, 2.05) is 48.5 Å². The van der Waals surface area contributed by atoms with E-state index in [1.165, 1.54) is 4.88 Å². The van der Waals surface area contributed by atoms with Gasteiger partial charge in [0.15, 0.2) is 0 Å². The first-order valence-corrected chi connectivity index (χ1v) is 10.6. The quantitative estimate of drug-likeness (QED) is 0.632. The van der Waals surface area contributed by atoms with Crippen molar-refractivity contribution < 1.29 is 14.3 Å². The lowest BCUT2D eigenvalue weighted by atomic mass is 10.1. The molecule has 0 radical (unpaired) electrons. The molecule has 1 fully saturated rings. The van der Waals surface area contributed by atoms with Crippen LogP contribution < -0.4 is 10.1 Å². The van der Waals surface area contributed by atoms with Crippen molar-refractivity contribution in [2.45, 2.75) is 6.04 Å². The minimum atomic E-state index is -0.133. The number of morpholine rings is 1. The molecule has 0 aliphatic carbocycles. The van der Waals surface area contributed by atoms with Crippen LogP contribution in [0.3, 0.4) is 0 Å². The van der Waals surface area contributed by atoms with Crippen molar-refractivity contribution in [3.05, 3.63) is 82.6 Å². The summed E-state index contributed by atoms with van der Waals surface area (Å²) >= 11 is 1.72. The van der Waals surface area contributed by atoms with Crippen LogP contribution >= 0.6 is 11.3 Å². The Kier molecular flexibility index (Phi) is 6.56. The molecular formula is C23H24N2O3S. The molecule has 2 aromatic carbocycles. The Balaban J connectivity index is 1.47. The molecule has 4 rings (SSSR count). The van der Waals surface area contributed by atoms with E-state index in [2.05, 4.69) is 27.7 Å².